The first kappa shape index (κ1) is 18.3. The van der Waals surface area contributed by atoms with Crippen LogP contribution in [0.1, 0.15) is 27.2 Å². The number of carbonyl (C=O) groups is 1. The fourth-order valence-corrected chi connectivity index (χ4v) is 3.03. The molecule has 29 heavy (non-hydrogen) atoms. The number of aromatic nitrogens is 2. The van der Waals surface area contributed by atoms with Gasteiger partial charge in [0.25, 0.3) is 5.91 Å². The number of nitrogens with zero attached hydrogens (tertiary/aromatic N) is 3. The number of rotatable bonds is 5. The number of nitrogens with one attached hydrogen (secondary N) is 1. The van der Waals surface area contributed by atoms with E-state index in [-0.39, 0.29) is 12.5 Å². The molecule has 2 aromatic carbocycles. The molecule has 2 heterocycles. The predicted molar refractivity (Wildman–Crippen MR) is 110 cm³/mol. The molecule has 1 N–H and O–H groups in total. The number of hydrogen-bond acceptors (Lipinski definition) is 4. The van der Waals surface area contributed by atoms with E-state index in [2.05, 4.69) is 16.4 Å². The van der Waals surface area contributed by atoms with Crippen LogP contribution in [-0.2, 0) is 6.61 Å². The van der Waals surface area contributed by atoms with Crippen molar-refractivity contribution in [3.05, 3.63) is 95.4 Å². The number of hydrogen-bond donors (Lipinski definition) is 1. The van der Waals surface area contributed by atoms with Crippen molar-refractivity contribution in [2.45, 2.75) is 13.5 Å². The van der Waals surface area contributed by atoms with Crippen LogP contribution in [0.2, 0.25) is 0 Å². The molecule has 6 nitrogen and oxygen atoms in total. The van der Waals surface area contributed by atoms with Gasteiger partial charge in [0.05, 0.1) is 22.9 Å². The van der Waals surface area contributed by atoms with Crippen LogP contribution in [-0.4, -0.2) is 15.3 Å². The number of para-hydroxylation sites is 1. The van der Waals surface area contributed by atoms with Gasteiger partial charge in [-0.2, -0.15) is 5.26 Å². The minimum atomic E-state index is -0.281. The molecule has 0 spiro atoms. The second-order valence-corrected chi connectivity index (χ2v) is 6.58. The molecule has 0 aliphatic heterocycles. The summed E-state index contributed by atoms with van der Waals surface area (Å²) in [5.74, 6) is 0.198. The van der Waals surface area contributed by atoms with Gasteiger partial charge in [-0.05, 0) is 55.0 Å². The Balaban J connectivity index is 1.50. The highest BCUT2D eigenvalue weighted by molar-refractivity contribution is 6.06. The Morgan fingerprint density at radius 2 is 1.93 bits per heavy atom. The normalized spacial score (nSPS) is 10.5. The van der Waals surface area contributed by atoms with Gasteiger partial charge in [0.15, 0.2) is 0 Å². The maximum atomic E-state index is 12.7. The van der Waals surface area contributed by atoms with E-state index < -0.39 is 0 Å². The summed E-state index contributed by atoms with van der Waals surface area (Å²) in [7, 11) is 0. The molecular weight excluding hydrogens is 364 g/mol. The molecule has 0 saturated carbocycles. The van der Waals surface area contributed by atoms with Crippen molar-refractivity contribution in [2.75, 3.05) is 5.32 Å². The van der Waals surface area contributed by atoms with Crippen LogP contribution in [0.25, 0.3) is 5.65 Å². The first-order chi connectivity index (χ1) is 14.1. The van der Waals surface area contributed by atoms with Crippen molar-refractivity contribution in [3.63, 3.8) is 0 Å². The standard InChI is InChI=1S/C23H18N4O2/c1-16-5-4-12-27-14-19(25-22(16)27)15-29-21-7-3-2-6-20(21)23(28)26-18-10-8-17(13-24)9-11-18/h2-12,14H,15H2,1H3,(H,26,28). The Hall–Kier alpha value is -4.11. The van der Waals surface area contributed by atoms with E-state index >= 15 is 0 Å². The molecule has 0 aliphatic carbocycles. The SMILES string of the molecule is Cc1cccn2cc(COc3ccccc3C(=O)Nc3ccc(C#N)cc3)nc12. The zero-order valence-corrected chi connectivity index (χ0v) is 15.8. The van der Waals surface area contributed by atoms with Gasteiger partial charge in [-0.25, -0.2) is 4.98 Å². The number of benzene rings is 2. The lowest BCUT2D eigenvalue weighted by Gasteiger charge is -2.11. The number of amides is 1. The monoisotopic (exact) mass is 382 g/mol. The molecule has 4 aromatic rings. The van der Waals surface area contributed by atoms with Crippen molar-refractivity contribution >= 4 is 17.2 Å². The van der Waals surface area contributed by atoms with Crippen molar-refractivity contribution in [3.8, 4) is 11.8 Å². The average Bonchev–Trinajstić information content (AvgIpc) is 3.17. The lowest BCUT2D eigenvalue weighted by atomic mass is 10.1. The minimum absolute atomic E-state index is 0.252. The van der Waals surface area contributed by atoms with E-state index in [0.717, 1.165) is 16.9 Å². The summed E-state index contributed by atoms with van der Waals surface area (Å²) < 4.78 is 7.86. The molecule has 142 valence electrons. The average molecular weight is 382 g/mol. The molecule has 1 amide bonds. The number of carbonyl (C=O) groups excluding carboxylic acids is 1. The lowest BCUT2D eigenvalue weighted by Crippen LogP contribution is -2.13. The molecule has 0 bridgehead atoms. The summed E-state index contributed by atoms with van der Waals surface area (Å²) in [6, 6.07) is 19.8. The molecule has 4 rings (SSSR count). The molecule has 0 aliphatic rings. The Kier molecular flexibility index (Phi) is 4.95. The van der Waals surface area contributed by atoms with E-state index in [0.29, 0.717) is 22.6 Å². The van der Waals surface area contributed by atoms with E-state index in [4.69, 9.17) is 10.00 Å². The number of fused-ring (bicyclic) bond motifs is 1. The van der Waals surface area contributed by atoms with Gasteiger partial charge in [-0.15, -0.1) is 0 Å². The number of pyridine rings is 1. The van der Waals surface area contributed by atoms with Crippen molar-refractivity contribution in [1.82, 2.24) is 9.38 Å². The first-order valence-electron chi connectivity index (χ1n) is 9.10. The number of aryl methyl sites for hydroxylation is 1. The van der Waals surface area contributed by atoms with Crippen LogP contribution in [0.5, 0.6) is 5.75 Å². The summed E-state index contributed by atoms with van der Waals surface area (Å²) in [4.78, 5) is 17.3. The summed E-state index contributed by atoms with van der Waals surface area (Å²) in [6.45, 7) is 2.26. The Labute approximate surface area is 168 Å². The fraction of sp³-hybridized carbons (Fsp3) is 0.0870. The van der Waals surface area contributed by atoms with Crippen LogP contribution in [0.4, 0.5) is 5.69 Å². The Bertz CT molecular complexity index is 1220. The lowest BCUT2D eigenvalue weighted by molar-refractivity contribution is 0.102. The second kappa shape index (κ2) is 7.87. The largest absolute Gasteiger partial charge is 0.486 e. The van der Waals surface area contributed by atoms with Gasteiger partial charge in [-0.1, -0.05) is 18.2 Å². The van der Waals surface area contributed by atoms with E-state index in [1.165, 1.54) is 0 Å². The highest BCUT2D eigenvalue weighted by Gasteiger charge is 2.13. The molecule has 0 saturated heterocycles. The van der Waals surface area contributed by atoms with E-state index in [1.54, 1.807) is 42.5 Å². The summed E-state index contributed by atoms with van der Waals surface area (Å²) >= 11 is 0. The third-order valence-corrected chi connectivity index (χ3v) is 4.51. The molecule has 0 fully saturated rings. The van der Waals surface area contributed by atoms with Crippen molar-refractivity contribution < 1.29 is 9.53 Å². The molecule has 0 atom stereocenters. The van der Waals surface area contributed by atoms with Crippen molar-refractivity contribution in [2.24, 2.45) is 0 Å². The Morgan fingerprint density at radius 3 is 2.69 bits per heavy atom. The van der Waals surface area contributed by atoms with Crippen LogP contribution in [0.15, 0.2) is 73.1 Å². The Morgan fingerprint density at radius 1 is 1.14 bits per heavy atom. The van der Waals surface area contributed by atoms with Crippen LogP contribution in [0, 0.1) is 18.3 Å². The molecule has 2 aromatic heterocycles. The smallest absolute Gasteiger partial charge is 0.259 e. The van der Waals surface area contributed by atoms with Gasteiger partial charge in [0.1, 0.15) is 18.0 Å². The van der Waals surface area contributed by atoms with Crippen LogP contribution >= 0.6 is 0 Å². The highest BCUT2D eigenvalue weighted by Crippen LogP contribution is 2.21. The predicted octanol–water partition coefficient (Wildman–Crippen LogP) is 4.35. The zero-order chi connectivity index (χ0) is 20.2. The molecule has 6 heteroatoms. The third-order valence-electron chi connectivity index (χ3n) is 4.51. The third kappa shape index (κ3) is 3.94. The topological polar surface area (TPSA) is 79.4 Å². The summed E-state index contributed by atoms with van der Waals surface area (Å²) in [6.07, 6.45) is 3.86. The van der Waals surface area contributed by atoms with Gasteiger partial charge >= 0.3 is 0 Å². The first-order valence-corrected chi connectivity index (χ1v) is 9.10. The fourth-order valence-electron chi connectivity index (χ4n) is 3.03. The zero-order valence-electron chi connectivity index (χ0n) is 15.8. The van der Waals surface area contributed by atoms with Gasteiger partial charge < -0.3 is 14.5 Å². The van der Waals surface area contributed by atoms with E-state index in [9.17, 15) is 4.79 Å². The van der Waals surface area contributed by atoms with E-state index in [1.807, 2.05) is 41.9 Å². The van der Waals surface area contributed by atoms with Crippen LogP contribution < -0.4 is 10.1 Å². The second-order valence-electron chi connectivity index (χ2n) is 6.58. The number of anilines is 1. The minimum Gasteiger partial charge on any atom is -0.486 e. The quantitative estimate of drug-likeness (QED) is 0.557. The molecule has 0 unspecified atom stereocenters. The highest BCUT2D eigenvalue weighted by atomic mass is 16.5. The maximum absolute atomic E-state index is 12.7. The summed E-state index contributed by atoms with van der Waals surface area (Å²) in [5.41, 5.74) is 4.33. The molecule has 0 radical (unpaired) electrons. The van der Waals surface area contributed by atoms with Gasteiger partial charge in [0, 0.05) is 18.1 Å². The number of ether oxygens (including phenoxy) is 1. The van der Waals surface area contributed by atoms with Gasteiger partial charge in [0.2, 0.25) is 0 Å². The maximum Gasteiger partial charge on any atom is 0.259 e. The number of imidazole rings is 1. The van der Waals surface area contributed by atoms with Crippen molar-refractivity contribution in [1.29, 1.82) is 5.26 Å². The van der Waals surface area contributed by atoms with Crippen LogP contribution in [0.3, 0.4) is 0 Å². The summed E-state index contributed by atoms with van der Waals surface area (Å²) in [5, 5.41) is 11.7. The number of nitriles is 1. The molecular formula is C23H18N4O2. The van der Waals surface area contributed by atoms with Gasteiger partial charge in [-0.3, -0.25) is 4.79 Å².